The molecular weight excluding hydrogens is 252 g/mol. The van der Waals surface area contributed by atoms with Crippen molar-refractivity contribution in [3.63, 3.8) is 0 Å². The first kappa shape index (κ1) is 14.1. The number of nitrogens with two attached hydrogens (primary N) is 1. The first-order chi connectivity index (χ1) is 9.65. The highest BCUT2D eigenvalue weighted by Gasteiger charge is 2.15. The van der Waals surface area contributed by atoms with Gasteiger partial charge in [0, 0.05) is 12.7 Å². The molecule has 0 aliphatic carbocycles. The van der Waals surface area contributed by atoms with Crippen molar-refractivity contribution in [2.75, 3.05) is 24.3 Å². The molecule has 0 aliphatic rings. The molecule has 2 rings (SSSR count). The summed E-state index contributed by atoms with van der Waals surface area (Å²) >= 11 is 0. The zero-order valence-electron chi connectivity index (χ0n) is 12.1. The summed E-state index contributed by atoms with van der Waals surface area (Å²) in [6.07, 6.45) is 2.39. The number of hydrogen-bond donors (Lipinski definition) is 1. The van der Waals surface area contributed by atoms with Crippen molar-refractivity contribution in [2.24, 2.45) is 0 Å². The lowest BCUT2D eigenvalue weighted by molar-refractivity contribution is 0.306. The van der Waals surface area contributed by atoms with Gasteiger partial charge in [-0.1, -0.05) is 25.1 Å². The van der Waals surface area contributed by atoms with E-state index in [-0.39, 0.29) is 0 Å². The molecule has 0 amide bonds. The second-order valence-corrected chi connectivity index (χ2v) is 4.61. The molecule has 1 aromatic carbocycles. The van der Waals surface area contributed by atoms with Crippen molar-refractivity contribution in [3.05, 3.63) is 36.2 Å². The van der Waals surface area contributed by atoms with Crippen LogP contribution in [0.3, 0.4) is 0 Å². The van der Waals surface area contributed by atoms with Gasteiger partial charge in [-0.2, -0.15) is 4.98 Å². The van der Waals surface area contributed by atoms with E-state index in [2.05, 4.69) is 23.0 Å². The van der Waals surface area contributed by atoms with Crippen LogP contribution in [0, 0.1) is 6.92 Å². The fraction of sp³-hybridized carbons (Fsp3) is 0.333. The molecule has 5 nitrogen and oxygen atoms in total. The number of hydrogen-bond acceptors (Lipinski definition) is 5. The first-order valence-electron chi connectivity index (χ1n) is 6.67. The molecule has 0 unspecified atom stereocenters. The smallest absolute Gasteiger partial charge is 0.242 e. The Morgan fingerprint density at radius 2 is 2.00 bits per heavy atom. The summed E-state index contributed by atoms with van der Waals surface area (Å²) in [5.41, 5.74) is 8.80. The van der Waals surface area contributed by atoms with E-state index in [4.69, 9.17) is 10.5 Å². The molecule has 0 atom stereocenters. The van der Waals surface area contributed by atoms with E-state index in [0.29, 0.717) is 24.0 Å². The van der Waals surface area contributed by atoms with Gasteiger partial charge in [0.05, 0.1) is 6.61 Å². The van der Waals surface area contributed by atoms with Crippen LogP contribution in [0.4, 0.5) is 17.2 Å². The molecular formula is C15H20N4O. The Bertz CT molecular complexity index is 586. The van der Waals surface area contributed by atoms with Crippen molar-refractivity contribution >= 4 is 17.2 Å². The summed E-state index contributed by atoms with van der Waals surface area (Å²) in [6.45, 7) is 4.68. The van der Waals surface area contributed by atoms with Gasteiger partial charge in [-0.25, -0.2) is 4.98 Å². The molecule has 5 heteroatoms. The largest absolute Gasteiger partial charge is 0.476 e. The molecule has 0 radical (unpaired) electrons. The molecule has 0 spiro atoms. The van der Waals surface area contributed by atoms with Gasteiger partial charge in [-0.3, -0.25) is 0 Å². The SMILES string of the molecule is CCCOc1ncnc(N(C)c2ccccc2C)c1N. The summed E-state index contributed by atoms with van der Waals surface area (Å²) in [5, 5.41) is 0. The van der Waals surface area contributed by atoms with E-state index in [0.717, 1.165) is 17.7 Å². The maximum Gasteiger partial charge on any atom is 0.242 e. The Kier molecular flexibility index (Phi) is 4.40. The maximum atomic E-state index is 6.12. The molecule has 1 aromatic heterocycles. The topological polar surface area (TPSA) is 64.3 Å². The highest BCUT2D eigenvalue weighted by molar-refractivity contribution is 5.74. The van der Waals surface area contributed by atoms with Gasteiger partial charge < -0.3 is 15.4 Å². The van der Waals surface area contributed by atoms with Gasteiger partial charge in [0.1, 0.15) is 12.0 Å². The minimum absolute atomic E-state index is 0.442. The number of nitrogens with zero attached hydrogens (tertiary/aromatic N) is 3. The Labute approximate surface area is 119 Å². The number of aryl methyl sites for hydroxylation is 1. The van der Waals surface area contributed by atoms with Gasteiger partial charge in [-0.15, -0.1) is 0 Å². The molecule has 2 N–H and O–H groups in total. The van der Waals surface area contributed by atoms with Crippen LogP contribution in [0.2, 0.25) is 0 Å². The number of anilines is 3. The lowest BCUT2D eigenvalue weighted by Gasteiger charge is -2.22. The lowest BCUT2D eigenvalue weighted by Crippen LogP contribution is -2.16. The number of rotatable bonds is 5. The van der Waals surface area contributed by atoms with Crippen LogP contribution >= 0.6 is 0 Å². The number of ether oxygens (including phenoxy) is 1. The van der Waals surface area contributed by atoms with Crippen LogP contribution in [0.25, 0.3) is 0 Å². The minimum Gasteiger partial charge on any atom is -0.476 e. The van der Waals surface area contributed by atoms with Crippen molar-refractivity contribution < 1.29 is 4.74 Å². The van der Waals surface area contributed by atoms with Gasteiger partial charge in [-0.05, 0) is 25.0 Å². The second-order valence-electron chi connectivity index (χ2n) is 4.61. The average Bonchev–Trinajstić information content (AvgIpc) is 2.46. The van der Waals surface area contributed by atoms with E-state index in [1.165, 1.54) is 6.33 Å². The van der Waals surface area contributed by atoms with Crippen molar-refractivity contribution in [1.82, 2.24) is 9.97 Å². The van der Waals surface area contributed by atoms with E-state index >= 15 is 0 Å². The number of para-hydroxylation sites is 1. The Balaban J connectivity index is 2.35. The molecule has 20 heavy (non-hydrogen) atoms. The first-order valence-corrected chi connectivity index (χ1v) is 6.67. The van der Waals surface area contributed by atoms with Crippen LogP contribution < -0.4 is 15.4 Å². The Morgan fingerprint density at radius 3 is 2.70 bits per heavy atom. The zero-order valence-corrected chi connectivity index (χ0v) is 12.1. The van der Waals surface area contributed by atoms with Crippen LogP contribution in [0.15, 0.2) is 30.6 Å². The highest BCUT2D eigenvalue weighted by Crippen LogP contribution is 2.32. The average molecular weight is 272 g/mol. The van der Waals surface area contributed by atoms with Crippen LogP contribution in [-0.2, 0) is 0 Å². The third kappa shape index (κ3) is 2.82. The minimum atomic E-state index is 0.442. The van der Waals surface area contributed by atoms with Gasteiger partial charge in [0.15, 0.2) is 5.82 Å². The standard InChI is InChI=1S/C15H20N4O/c1-4-9-20-15-13(16)14(17-10-18-15)19(3)12-8-6-5-7-11(12)2/h5-8,10H,4,9,16H2,1-3H3. The van der Waals surface area contributed by atoms with Crippen LogP contribution in [0.5, 0.6) is 5.88 Å². The normalized spacial score (nSPS) is 10.3. The predicted molar refractivity (Wildman–Crippen MR) is 81.5 cm³/mol. The third-order valence-electron chi connectivity index (χ3n) is 3.06. The van der Waals surface area contributed by atoms with Crippen molar-refractivity contribution in [3.8, 4) is 5.88 Å². The zero-order chi connectivity index (χ0) is 14.5. The van der Waals surface area contributed by atoms with E-state index < -0.39 is 0 Å². The predicted octanol–water partition coefficient (Wildman–Crippen LogP) is 2.92. The summed E-state index contributed by atoms with van der Waals surface area (Å²) in [4.78, 5) is 10.3. The Hall–Kier alpha value is -2.30. The molecule has 0 bridgehead atoms. The van der Waals surface area contributed by atoms with E-state index in [9.17, 15) is 0 Å². The fourth-order valence-corrected chi connectivity index (χ4v) is 2.01. The van der Waals surface area contributed by atoms with Gasteiger partial charge in [0.25, 0.3) is 0 Å². The number of nitrogen functional groups attached to an aromatic ring is 1. The molecule has 0 fully saturated rings. The third-order valence-corrected chi connectivity index (χ3v) is 3.06. The molecule has 0 aliphatic heterocycles. The van der Waals surface area contributed by atoms with E-state index in [1.54, 1.807) is 0 Å². The molecule has 1 heterocycles. The summed E-state index contributed by atoms with van der Waals surface area (Å²) in [6, 6.07) is 8.08. The molecule has 0 saturated heterocycles. The van der Waals surface area contributed by atoms with Crippen molar-refractivity contribution in [1.29, 1.82) is 0 Å². The fourth-order valence-electron chi connectivity index (χ4n) is 2.01. The molecule has 2 aromatic rings. The summed E-state index contributed by atoms with van der Waals surface area (Å²) < 4.78 is 5.54. The lowest BCUT2D eigenvalue weighted by atomic mass is 10.2. The van der Waals surface area contributed by atoms with Gasteiger partial charge >= 0.3 is 0 Å². The summed E-state index contributed by atoms with van der Waals surface area (Å²) in [5.74, 6) is 1.10. The maximum absolute atomic E-state index is 6.12. The number of aromatic nitrogens is 2. The number of benzene rings is 1. The molecule has 106 valence electrons. The summed E-state index contributed by atoms with van der Waals surface area (Å²) in [7, 11) is 1.94. The van der Waals surface area contributed by atoms with Crippen LogP contribution in [0.1, 0.15) is 18.9 Å². The quantitative estimate of drug-likeness (QED) is 0.906. The Morgan fingerprint density at radius 1 is 1.25 bits per heavy atom. The molecule has 0 saturated carbocycles. The monoisotopic (exact) mass is 272 g/mol. The van der Waals surface area contributed by atoms with E-state index in [1.807, 2.05) is 37.1 Å². The van der Waals surface area contributed by atoms with Gasteiger partial charge in [0.2, 0.25) is 5.88 Å². The van der Waals surface area contributed by atoms with Crippen molar-refractivity contribution in [2.45, 2.75) is 20.3 Å². The highest BCUT2D eigenvalue weighted by atomic mass is 16.5. The van der Waals surface area contributed by atoms with Crippen LogP contribution in [-0.4, -0.2) is 23.6 Å². The second kappa shape index (κ2) is 6.23.